The monoisotopic (exact) mass is 213 g/mol. The quantitative estimate of drug-likeness (QED) is 0.650. The van der Waals surface area contributed by atoms with Crippen molar-refractivity contribution in [2.45, 2.75) is 9.60 Å². The second kappa shape index (κ2) is 3.16. The van der Waals surface area contributed by atoms with Gasteiger partial charge in [-0.05, 0) is 12.1 Å². The zero-order valence-electron chi connectivity index (χ0n) is 6.54. The molecule has 1 atom stereocenters. The average Bonchev–Trinajstić information content (AvgIpc) is 2.39. The average molecular weight is 213 g/mol. The Morgan fingerprint density at radius 2 is 2.23 bits per heavy atom. The van der Waals surface area contributed by atoms with Gasteiger partial charge in [0.25, 0.3) is 0 Å². The first-order chi connectivity index (χ1) is 6.20. The van der Waals surface area contributed by atoms with Crippen LogP contribution in [0, 0.1) is 0 Å². The van der Waals surface area contributed by atoms with E-state index in [1.807, 2.05) is 18.2 Å². The summed E-state index contributed by atoms with van der Waals surface area (Å²) >= 11 is 5.62. The summed E-state index contributed by atoms with van der Waals surface area (Å²) in [6.07, 6.45) is -0.961. The highest BCUT2D eigenvalue weighted by Gasteiger charge is 2.31. The molecule has 2 rings (SSSR count). The molecule has 1 heterocycles. The lowest BCUT2D eigenvalue weighted by atomic mass is 10.3. The molecule has 0 saturated heterocycles. The van der Waals surface area contributed by atoms with Crippen molar-refractivity contribution in [2.24, 2.45) is 0 Å². The fourth-order valence-corrected chi connectivity index (χ4v) is 2.78. The lowest BCUT2D eigenvalue weighted by Gasteiger charge is -2.16. The van der Waals surface area contributed by atoms with Crippen LogP contribution in [0.4, 0.5) is 10.5 Å². The Morgan fingerprint density at radius 1 is 1.54 bits per heavy atom. The van der Waals surface area contributed by atoms with E-state index in [0.29, 0.717) is 0 Å². The van der Waals surface area contributed by atoms with E-state index in [9.17, 15) is 4.79 Å². The van der Waals surface area contributed by atoms with Crippen molar-refractivity contribution in [1.82, 2.24) is 0 Å². The molecule has 1 aliphatic heterocycles. The smallest absolute Gasteiger partial charge is 0.413 e. The van der Waals surface area contributed by atoms with E-state index in [2.05, 4.69) is 12.6 Å². The van der Waals surface area contributed by atoms with Gasteiger partial charge >= 0.3 is 6.09 Å². The molecule has 0 aliphatic carbocycles. The molecule has 13 heavy (non-hydrogen) atoms. The van der Waals surface area contributed by atoms with Crippen molar-refractivity contribution in [2.75, 3.05) is 4.90 Å². The molecule has 0 saturated carbocycles. The standard InChI is InChI=1S/C8H7NO2S2/c10-7(11)9-5-3-1-2-4-6(5)13-8(9)12/h1-4,8,12H,(H,10,11). The maximum absolute atomic E-state index is 10.8. The summed E-state index contributed by atoms with van der Waals surface area (Å²) in [6, 6.07) is 7.39. The second-order valence-corrected chi connectivity index (χ2v) is 4.53. The predicted molar refractivity (Wildman–Crippen MR) is 55.6 cm³/mol. The summed E-state index contributed by atoms with van der Waals surface area (Å²) in [7, 11) is 0. The lowest BCUT2D eigenvalue weighted by molar-refractivity contribution is 0.202. The molecule has 68 valence electrons. The molecule has 1 unspecified atom stereocenters. The van der Waals surface area contributed by atoms with Gasteiger partial charge in [-0.1, -0.05) is 23.9 Å². The molecule has 1 aliphatic rings. The fraction of sp³-hybridized carbons (Fsp3) is 0.125. The summed E-state index contributed by atoms with van der Waals surface area (Å²) in [5, 5.41) is 8.89. The molecule has 1 N–H and O–H groups in total. The van der Waals surface area contributed by atoms with Gasteiger partial charge in [0.15, 0.2) is 0 Å². The lowest BCUT2D eigenvalue weighted by Crippen LogP contribution is -2.30. The number of thioether (sulfide) groups is 1. The molecule has 5 heteroatoms. The van der Waals surface area contributed by atoms with E-state index in [0.717, 1.165) is 10.6 Å². The Kier molecular flexibility index (Phi) is 2.13. The number of para-hydroxylation sites is 1. The van der Waals surface area contributed by atoms with Crippen LogP contribution in [0.2, 0.25) is 0 Å². The van der Waals surface area contributed by atoms with Crippen molar-refractivity contribution in [3.63, 3.8) is 0 Å². The molecule has 0 radical (unpaired) electrons. The molecule has 0 fully saturated rings. The van der Waals surface area contributed by atoms with Crippen LogP contribution in [0.1, 0.15) is 0 Å². The van der Waals surface area contributed by atoms with Gasteiger partial charge in [-0.2, -0.15) is 0 Å². The van der Waals surface area contributed by atoms with Crippen molar-refractivity contribution < 1.29 is 9.90 Å². The molecular formula is C8H7NO2S2. The number of rotatable bonds is 0. The van der Waals surface area contributed by atoms with Gasteiger partial charge in [0.1, 0.15) is 4.71 Å². The van der Waals surface area contributed by atoms with Gasteiger partial charge in [0.2, 0.25) is 0 Å². The highest BCUT2D eigenvalue weighted by molar-refractivity contribution is 8.11. The van der Waals surface area contributed by atoms with Crippen LogP contribution in [-0.2, 0) is 0 Å². The number of benzene rings is 1. The third-order valence-electron chi connectivity index (χ3n) is 1.78. The molecule has 3 nitrogen and oxygen atoms in total. The van der Waals surface area contributed by atoms with Gasteiger partial charge in [-0.25, -0.2) is 4.79 Å². The third kappa shape index (κ3) is 1.38. The molecule has 1 amide bonds. The minimum Gasteiger partial charge on any atom is -0.465 e. The number of carbonyl (C=O) groups is 1. The van der Waals surface area contributed by atoms with Crippen LogP contribution in [0.25, 0.3) is 0 Å². The molecule has 1 aromatic rings. The first-order valence-corrected chi connectivity index (χ1v) is 5.05. The number of amides is 1. The first-order valence-electron chi connectivity index (χ1n) is 3.66. The predicted octanol–water partition coefficient (Wildman–Crippen LogP) is 2.49. The Bertz CT molecular complexity index is 356. The largest absolute Gasteiger partial charge is 0.465 e. The molecule has 0 aromatic heterocycles. The number of nitrogens with zero attached hydrogens (tertiary/aromatic N) is 1. The van der Waals surface area contributed by atoms with Crippen LogP contribution < -0.4 is 4.90 Å². The Hall–Kier alpha value is -0.810. The van der Waals surface area contributed by atoms with Gasteiger partial charge in [-0.15, -0.1) is 12.6 Å². The molecule has 1 aromatic carbocycles. The second-order valence-electron chi connectivity index (χ2n) is 2.56. The van der Waals surface area contributed by atoms with Crippen molar-refractivity contribution in [1.29, 1.82) is 0 Å². The molecule has 0 spiro atoms. The highest BCUT2D eigenvalue weighted by Crippen LogP contribution is 2.44. The summed E-state index contributed by atoms with van der Waals surface area (Å²) < 4.78 is -0.324. The fourth-order valence-electron chi connectivity index (χ4n) is 1.24. The normalized spacial score (nSPS) is 20.1. The summed E-state index contributed by atoms with van der Waals surface area (Å²) in [4.78, 5) is 13.1. The summed E-state index contributed by atoms with van der Waals surface area (Å²) in [6.45, 7) is 0. The topological polar surface area (TPSA) is 40.5 Å². The maximum atomic E-state index is 10.8. The van der Waals surface area contributed by atoms with Crippen molar-refractivity contribution in [3.8, 4) is 0 Å². The minimum absolute atomic E-state index is 0.324. The maximum Gasteiger partial charge on any atom is 0.413 e. The van der Waals surface area contributed by atoms with Gasteiger partial charge in [-0.3, -0.25) is 4.90 Å². The Labute approximate surface area is 85.1 Å². The summed E-state index contributed by atoms with van der Waals surface area (Å²) in [5.74, 6) is 0. The number of thiol groups is 1. The molecule has 0 bridgehead atoms. The Balaban J connectivity index is 2.46. The number of fused-ring (bicyclic) bond motifs is 1. The number of carboxylic acid groups (broad SMARTS) is 1. The van der Waals surface area contributed by atoms with E-state index >= 15 is 0 Å². The zero-order valence-corrected chi connectivity index (χ0v) is 8.26. The first kappa shape index (κ1) is 8.77. The van der Waals surface area contributed by atoms with Crippen molar-refractivity contribution >= 4 is 36.2 Å². The van der Waals surface area contributed by atoms with E-state index in [4.69, 9.17) is 5.11 Å². The van der Waals surface area contributed by atoms with Crippen LogP contribution in [0.5, 0.6) is 0 Å². The number of anilines is 1. The highest BCUT2D eigenvalue weighted by atomic mass is 32.2. The van der Waals surface area contributed by atoms with Crippen LogP contribution in [0.3, 0.4) is 0 Å². The Morgan fingerprint density at radius 3 is 2.92 bits per heavy atom. The number of hydrogen-bond acceptors (Lipinski definition) is 3. The number of hydrogen-bond donors (Lipinski definition) is 2. The van der Waals surface area contributed by atoms with Gasteiger partial charge in [0.05, 0.1) is 5.69 Å². The van der Waals surface area contributed by atoms with E-state index in [-0.39, 0.29) is 4.71 Å². The van der Waals surface area contributed by atoms with Crippen LogP contribution in [0.15, 0.2) is 29.2 Å². The molecular weight excluding hydrogens is 206 g/mol. The zero-order chi connectivity index (χ0) is 9.42. The van der Waals surface area contributed by atoms with Crippen LogP contribution >= 0.6 is 24.4 Å². The van der Waals surface area contributed by atoms with Crippen molar-refractivity contribution in [3.05, 3.63) is 24.3 Å². The third-order valence-corrected chi connectivity index (χ3v) is 3.35. The van der Waals surface area contributed by atoms with E-state index in [1.165, 1.54) is 16.7 Å². The van der Waals surface area contributed by atoms with Crippen LogP contribution in [-0.4, -0.2) is 15.9 Å². The van der Waals surface area contributed by atoms with E-state index in [1.54, 1.807) is 6.07 Å². The van der Waals surface area contributed by atoms with Gasteiger partial charge < -0.3 is 5.11 Å². The summed E-state index contributed by atoms with van der Waals surface area (Å²) in [5.41, 5.74) is 0.722. The SMILES string of the molecule is O=C(O)N1c2ccccc2SC1S. The van der Waals surface area contributed by atoms with Gasteiger partial charge in [0, 0.05) is 4.90 Å². The minimum atomic E-state index is -0.961. The van der Waals surface area contributed by atoms with E-state index < -0.39 is 6.09 Å².